The van der Waals surface area contributed by atoms with Gasteiger partial charge < -0.3 is 31.1 Å². The molecule has 1 saturated heterocycles. The molecule has 0 aromatic heterocycles. The molecule has 1 aliphatic heterocycles. The lowest BCUT2D eigenvalue weighted by Crippen LogP contribution is -2.67. The molecule has 0 radical (unpaired) electrons. The van der Waals surface area contributed by atoms with E-state index in [9.17, 15) is 20.1 Å². The number of unbranched alkanes of at least 4 members (excludes halogenated alkanes) is 20. The lowest BCUT2D eigenvalue weighted by molar-refractivity contribution is -0.218. The Kier molecular flexibility index (Phi) is 23.7. The number of hydrogen-bond acceptors (Lipinski definition) is 6. The van der Waals surface area contributed by atoms with Crippen LogP contribution in [-0.4, -0.2) is 76.5 Å². The normalized spacial score (nSPS) is 22.6. The van der Waals surface area contributed by atoms with Crippen LogP contribution in [0.4, 0.5) is 4.79 Å². The van der Waals surface area contributed by atoms with E-state index in [1.807, 2.05) is 0 Å². The third kappa shape index (κ3) is 17.1. The number of nitrogens with two attached hydrogens (primary N) is 1. The minimum atomic E-state index is -1.28. The second-order valence-electron chi connectivity index (χ2n) is 12.3. The highest BCUT2D eigenvalue weighted by molar-refractivity contribution is 5.74. The van der Waals surface area contributed by atoms with Crippen molar-refractivity contribution >= 4 is 6.03 Å². The highest BCUT2D eigenvalue weighted by Crippen LogP contribution is 2.23. The zero-order chi connectivity index (χ0) is 30.1. The zero-order valence-corrected chi connectivity index (χ0v) is 26.7. The monoisotopic (exact) mass is 586 g/mol. The molecule has 244 valence electrons. The number of rotatable bonds is 26. The van der Waals surface area contributed by atoms with E-state index in [-0.39, 0.29) is 6.03 Å². The Bertz CT molecular complexity index is 609. The number of nitrogens with one attached hydrogen (secondary N) is 1. The quantitative estimate of drug-likeness (QED) is 0.0749. The SMILES string of the molecule is CCCCCCCCCCCCCCNC(=O)N(CCCCCCCCCCCC)[C@@H]1O[C@H](CO)[C@@H](O)[C@H](O)[C@H]1N. The maximum atomic E-state index is 13.2. The molecule has 0 spiro atoms. The van der Waals surface area contributed by atoms with Crippen LogP contribution < -0.4 is 11.1 Å². The Morgan fingerprint density at radius 2 is 1.10 bits per heavy atom. The molecule has 0 unspecified atom stereocenters. The molecular weight excluding hydrogens is 518 g/mol. The lowest BCUT2D eigenvalue weighted by Gasteiger charge is -2.45. The van der Waals surface area contributed by atoms with Gasteiger partial charge in [0.05, 0.1) is 12.6 Å². The predicted molar refractivity (Wildman–Crippen MR) is 169 cm³/mol. The summed E-state index contributed by atoms with van der Waals surface area (Å²) >= 11 is 0. The number of carbonyl (C=O) groups excluding carboxylic acids is 1. The van der Waals surface area contributed by atoms with Crippen LogP contribution in [0.25, 0.3) is 0 Å². The van der Waals surface area contributed by atoms with Crippen molar-refractivity contribution in [2.75, 3.05) is 19.7 Å². The first kappa shape index (κ1) is 38.1. The molecule has 8 heteroatoms. The Morgan fingerprint density at radius 1 is 0.683 bits per heavy atom. The van der Waals surface area contributed by atoms with Crippen LogP contribution in [0.15, 0.2) is 0 Å². The largest absolute Gasteiger partial charge is 0.394 e. The van der Waals surface area contributed by atoms with Crippen molar-refractivity contribution in [2.45, 2.75) is 186 Å². The minimum Gasteiger partial charge on any atom is -0.394 e. The number of urea groups is 1. The van der Waals surface area contributed by atoms with Crippen molar-refractivity contribution in [3.8, 4) is 0 Å². The van der Waals surface area contributed by atoms with E-state index in [1.54, 1.807) is 4.90 Å². The number of aliphatic hydroxyl groups excluding tert-OH is 3. The van der Waals surface area contributed by atoms with Crippen LogP contribution in [0, 0.1) is 0 Å². The summed E-state index contributed by atoms with van der Waals surface area (Å²) in [6.07, 6.45) is 22.7. The van der Waals surface area contributed by atoms with Crippen molar-refractivity contribution in [3.63, 3.8) is 0 Å². The first-order valence-electron chi connectivity index (χ1n) is 17.4. The standard InChI is InChI=1S/C33H67N3O5/c1-3-5-7-9-11-13-15-16-17-19-21-23-25-35-33(40)36(26-24-22-20-18-14-12-10-8-6-4-2)32-29(34)31(39)30(38)28(27-37)41-32/h28-32,37-39H,3-27,34H2,1-2H3,(H,35,40)/t28-,29-,30-,31-,32-/m1/s1. The molecule has 0 aliphatic carbocycles. The van der Waals surface area contributed by atoms with E-state index >= 15 is 0 Å². The highest BCUT2D eigenvalue weighted by Gasteiger charge is 2.45. The molecule has 0 aromatic rings. The summed E-state index contributed by atoms with van der Waals surface area (Å²) in [4.78, 5) is 14.8. The van der Waals surface area contributed by atoms with Gasteiger partial charge in [-0.25, -0.2) is 4.79 Å². The summed E-state index contributed by atoms with van der Waals surface area (Å²) in [5.41, 5.74) is 6.22. The molecule has 6 N–H and O–H groups in total. The van der Waals surface area contributed by atoms with Crippen molar-refractivity contribution in [3.05, 3.63) is 0 Å². The van der Waals surface area contributed by atoms with Crippen LogP contribution in [0.1, 0.15) is 155 Å². The van der Waals surface area contributed by atoms with E-state index in [2.05, 4.69) is 19.2 Å². The summed E-state index contributed by atoms with van der Waals surface area (Å²) in [5, 5.41) is 33.4. The van der Waals surface area contributed by atoms with Gasteiger partial charge in [0.2, 0.25) is 0 Å². The Balaban J connectivity index is 2.39. The van der Waals surface area contributed by atoms with E-state index in [0.717, 1.165) is 32.1 Å². The van der Waals surface area contributed by atoms with E-state index in [4.69, 9.17) is 10.5 Å². The second kappa shape index (κ2) is 25.6. The van der Waals surface area contributed by atoms with Crippen LogP contribution >= 0.6 is 0 Å². The smallest absolute Gasteiger partial charge is 0.319 e. The maximum absolute atomic E-state index is 13.2. The van der Waals surface area contributed by atoms with Crippen molar-refractivity contribution in [2.24, 2.45) is 5.73 Å². The molecule has 2 amide bonds. The third-order valence-corrected chi connectivity index (χ3v) is 8.58. The van der Waals surface area contributed by atoms with Gasteiger partial charge in [-0.1, -0.05) is 142 Å². The summed E-state index contributed by atoms with van der Waals surface area (Å²) < 4.78 is 5.86. The van der Waals surface area contributed by atoms with Gasteiger partial charge >= 0.3 is 6.03 Å². The molecule has 5 atom stereocenters. The average Bonchev–Trinajstić information content (AvgIpc) is 2.97. The molecule has 0 aromatic carbocycles. The predicted octanol–water partition coefficient (Wildman–Crippen LogP) is 6.39. The molecule has 41 heavy (non-hydrogen) atoms. The fourth-order valence-corrected chi connectivity index (χ4v) is 5.78. The van der Waals surface area contributed by atoms with Crippen molar-refractivity contribution in [1.82, 2.24) is 10.2 Å². The van der Waals surface area contributed by atoms with Gasteiger partial charge in [0, 0.05) is 13.1 Å². The molecule has 0 bridgehead atoms. The Labute approximate surface area is 252 Å². The van der Waals surface area contributed by atoms with Gasteiger partial charge in [-0.15, -0.1) is 0 Å². The first-order valence-corrected chi connectivity index (χ1v) is 17.4. The van der Waals surface area contributed by atoms with E-state index < -0.39 is 37.2 Å². The fraction of sp³-hybridized carbons (Fsp3) is 0.970. The van der Waals surface area contributed by atoms with Gasteiger partial charge in [0.1, 0.15) is 18.3 Å². The molecule has 1 rings (SSSR count). The lowest BCUT2D eigenvalue weighted by atomic mass is 9.96. The third-order valence-electron chi connectivity index (χ3n) is 8.58. The maximum Gasteiger partial charge on any atom is 0.319 e. The zero-order valence-electron chi connectivity index (χ0n) is 26.7. The fourth-order valence-electron chi connectivity index (χ4n) is 5.78. The van der Waals surface area contributed by atoms with Gasteiger partial charge in [0.25, 0.3) is 0 Å². The van der Waals surface area contributed by atoms with Crippen LogP contribution in [0.3, 0.4) is 0 Å². The van der Waals surface area contributed by atoms with E-state index in [1.165, 1.54) is 109 Å². The number of ether oxygens (including phenoxy) is 1. The number of carbonyl (C=O) groups is 1. The first-order chi connectivity index (χ1) is 20.0. The van der Waals surface area contributed by atoms with Crippen molar-refractivity contribution < 1.29 is 24.9 Å². The minimum absolute atomic E-state index is 0.260. The number of aliphatic hydroxyl groups is 3. The highest BCUT2D eigenvalue weighted by atomic mass is 16.5. The molecular formula is C33H67N3O5. The summed E-state index contributed by atoms with van der Waals surface area (Å²) in [6.45, 7) is 5.09. The summed E-state index contributed by atoms with van der Waals surface area (Å²) in [7, 11) is 0. The van der Waals surface area contributed by atoms with Gasteiger partial charge in [-0.05, 0) is 12.8 Å². The molecule has 1 fully saturated rings. The number of hydrogen-bond donors (Lipinski definition) is 5. The molecule has 8 nitrogen and oxygen atoms in total. The Hall–Kier alpha value is -0.930. The number of nitrogens with zero attached hydrogens (tertiary/aromatic N) is 1. The Morgan fingerprint density at radius 3 is 1.54 bits per heavy atom. The second-order valence-corrected chi connectivity index (χ2v) is 12.3. The molecule has 0 saturated carbocycles. The molecule has 1 heterocycles. The van der Waals surface area contributed by atoms with Crippen LogP contribution in [-0.2, 0) is 4.74 Å². The summed E-state index contributed by atoms with van der Waals surface area (Å²) in [6, 6.07) is -1.21. The van der Waals surface area contributed by atoms with Gasteiger partial charge in [0.15, 0.2) is 6.23 Å². The summed E-state index contributed by atoms with van der Waals surface area (Å²) in [5.74, 6) is 0. The van der Waals surface area contributed by atoms with Crippen LogP contribution in [0.2, 0.25) is 0 Å². The topological polar surface area (TPSA) is 128 Å². The molecule has 1 aliphatic rings. The van der Waals surface area contributed by atoms with Gasteiger partial charge in [-0.3, -0.25) is 4.90 Å². The van der Waals surface area contributed by atoms with Crippen molar-refractivity contribution in [1.29, 1.82) is 0 Å². The van der Waals surface area contributed by atoms with E-state index in [0.29, 0.717) is 13.1 Å². The number of amides is 2. The van der Waals surface area contributed by atoms with Gasteiger partial charge in [-0.2, -0.15) is 0 Å². The average molecular weight is 586 g/mol. The van der Waals surface area contributed by atoms with Crippen LogP contribution in [0.5, 0.6) is 0 Å².